The average molecular weight is 310 g/mol. The molecule has 0 spiro atoms. The molecule has 2 heterocycles. The van der Waals surface area contributed by atoms with E-state index in [9.17, 15) is 4.79 Å². The van der Waals surface area contributed by atoms with Gasteiger partial charge in [-0.15, -0.1) is 0 Å². The lowest BCUT2D eigenvalue weighted by Crippen LogP contribution is -2.20. The van der Waals surface area contributed by atoms with Crippen LogP contribution < -0.4 is 10.9 Å². The van der Waals surface area contributed by atoms with Gasteiger partial charge >= 0.3 is 0 Å². The van der Waals surface area contributed by atoms with Gasteiger partial charge in [0.25, 0.3) is 5.56 Å². The summed E-state index contributed by atoms with van der Waals surface area (Å²) in [5.41, 5.74) is 1.20. The molecule has 21 heavy (non-hydrogen) atoms. The molecular formula is C14H20ClN5O. The van der Waals surface area contributed by atoms with E-state index in [1.165, 1.54) is 10.9 Å². The standard InChI is InChI=1S/C14H20ClN5O/c1-5-10(6-2)20-9(3)7-12(18-20)17-11-8-16-19(4)14(21)13(11)15/h7-8,10H,5-6H2,1-4H3,(H,17,18). The second kappa shape index (κ2) is 6.30. The summed E-state index contributed by atoms with van der Waals surface area (Å²) in [6.45, 7) is 6.30. The maximum absolute atomic E-state index is 11.8. The molecule has 6 nitrogen and oxygen atoms in total. The van der Waals surface area contributed by atoms with Crippen LogP contribution in [0.2, 0.25) is 5.02 Å². The number of aryl methyl sites for hydroxylation is 2. The van der Waals surface area contributed by atoms with Gasteiger partial charge in [0.2, 0.25) is 0 Å². The summed E-state index contributed by atoms with van der Waals surface area (Å²) < 4.78 is 3.20. The van der Waals surface area contributed by atoms with Gasteiger partial charge in [-0.2, -0.15) is 10.2 Å². The van der Waals surface area contributed by atoms with Crippen molar-refractivity contribution in [3.05, 3.63) is 33.3 Å². The summed E-state index contributed by atoms with van der Waals surface area (Å²) in [7, 11) is 1.56. The summed E-state index contributed by atoms with van der Waals surface area (Å²) in [4.78, 5) is 11.8. The van der Waals surface area contributed by atoms with Crippen molar-refractivity contribution >= 4 is 23.1 Å². The number of nitrogens with one attached hydrogen (secondary N) is 1. The molecule has 0 unspecified atom stereocenters. The Kier molecular flexibility index (Phi) is 4.67. The van der Waals surface area contributed by atoms with Crippen LogP contribution in [0.25, 0.3) is 0 Å². The van der Waals surface area contributed by atoms with Crippen LogP contribution in [0.5, 0.6) is 0 Å². The molecule has 0 bridgehead atoms. The van der Waals surface area contributed by atoms with Crippen LogP contribution in [0, 0.1) is 6.92 Å². The predicted octanol–water partition coefficient (Wildman–Crippen LogP) is 3.04. The van der Waals surface area contributed by atoms with E-state index < -0.39 is 0 Å². The number of hydrogen-bond acceptors (Lipinski definition) is 4. The lowest BCUT2D eigenvalue weighted by molar-refractivity contribution is 0.421. The molecule has 1 N–H and O–H groups in total. The third-order valence-electron chi connectivity index (χ3n) is 3.55. The summed E-state index contributed by atoms with van der Waals surface area (Å²) in [5.74, 6) is 0.663. The first kappa shape index (κ1) is 15.6. The highest BCUT2D eigenvalue weighted by Gasteiger charge is 2.14. The molecule has 0 saturated carbocycles. The Labute approximate surface area is 128 Å². The first-order valence-electron chi connectivity index (χ1n) is 7.02. The first-order chi connectivity index (χ1) is 9.97. The number of nitrogens with zero attached hydrogens (tertiary/aromatic N) is 4. The molecule has 114 valence electrons. The quantitative estimate of drug-likeness (QED) is 0.922. The van der Waals surface area contributed by atoms with E-state index in [4.69, 9.17) is 11.6 Å². The lowest BCUT2D eigenvalue weighted by Gasteiger charge is -2.14. The fraction of sp³-hybridized carbons (Fsp3) is 0.500. The Bertz CT molecular complexity index is 687. The molecule has 2 aromatic rings. The molecule has 0 radical (unpaired) electrons. The van der Waals surface area contributed by atoms with Crippen molar-refractivity contribution in [2.75, 3.05) is 5.32 Å². The average Bonchev–Trinajstić information content (AvgIpc) is 2.82. The second-order valence-corrected chi connectivity index (χ2v) is 5.39. The van der Waals surface area contributed by atoms with Gasteiger partial charge in [0.1, 0.15) is 5.02 Å². The van der Waals surface area contributed by atoms with E-state index in [1.807, 2.05) is 17.7 Å². The Morgan fingerprint density at radius 1 is 1.38 bits per heavy atom. The smallest absolute Gasteiger partial charge is 0.287 e. The maximum atomic E-state index is 11.8. The monoisotopic (exact) mass is 309 g/mol. The van der Waals surface area contributed by atoms with Crippen molar-refractivity contribution in [1.82, 2.24) is 19.6 Å². The molecule has 2 aromatic heterocycles. The van der Waals surface area contributed by atoms with Gasteiger partial charge in [-0.3, -0.25) is 9.48 Å². The zero-order chi connectivity index (χ0) is 15.6. The third-order valence-corrected chi connectivity index (χ3v) is 3.92. The normalized spacial score (nSPS) is 11.1. The van der Waals surface area contributed by atoms with E-state index >= 15 is 0 Å². The second-order valence-electron chi connectivity index (χ2n) is 5.01. The molecule has 7 heteroatoms. The predicted molar refractivity (Wildman–Crippen MR) is 84.4 cm³/mol. The molecule has 0 aliphatic carbocycles. The summed E-state index contributed by atoms with van der Waals surface area (Å²) in [6, 6.07) is 2.31. The van der Waals surface area contributed by atoms with E-state index in [-0.39, 0.29) is 10.6 Å². The molecule has 0 saturated heterocycles. The van der Waals surface area contributed by atoms with Gasteiger partial charge in [-0.25, -0.2) is 4.68 Å². The van der Waals surface area contributed by atoms with Crippen molar-refractivity contribution < 1.29 is 0 Å². The molecule has 0 fully saturated rings. The van der Waals surface area contributed by atoms with Crippen LogP contribution >= 0.6 is 11.6 Å². The Morgan fingerprint density at radius 2 is 2.05 bits per heavy atom. The summed E-state index contributed by atoms with van der Waals surface area (Å²) >= 11 is 6.04. The van der Waals surface area contributed by atoms with Crippen LogP contribution in [0.15, 0.2) is 17.1 Å². The van der Waals surface area contributed by atoms with Gasteiger partial charge in [-0.05, 0) is 19.8 Å². The van der Waals surface area contributed by atoms with Crippen molar-refractivity contribution in [2.45, 2.75) is 39.7 Å². The Hall–Kier alpha value is -1.82. The van der Waals surface area contributed by atoms with E-state index in [1.54, 1.807) is 7.05 Å². The maximum Gasteiger partial charge on any atom is 0.287 e. The number of aromatic nitrogens is 4. The van der Waals surface area contributed by atoms with Crippen LogP contribution in [0.4, 0.5) is 11.5 Å². The zero-order valence-electron chi connectivity index (χ0n) is 12.7. The van der Waals surface area contributed by atoms with E-state index in [0.29, 0.717) is 17.5 Å². The van der Waals surface area contributed by atoms with Crippen LogP contribution in [-0.2, 0) is 7.05 Å². The highest BCUT2D eigenvalue weighted by atomic mass is 35.5. The molecule has 0 aliphatic heterocycles. The van der Waals surface area contributed by atoms with Crippen molar-refractivity contribution in [1.29, 1.82) is 0 Å². The third kappa shape index (κ3) is 3.10. The SMILES string of the molecule is CCC(CC)n1nc(Nc2cnn(C)c(=O)c2Cl)cc1C. The van der Waals surface area contributed by atoms with Gasteiger partial charge in [0.15, 0.2) is 5.82 Å². The minimum Gasteiger partial charge on any atom is -0.336 e. The highest BCUT2D eigenvalue weighted by Crippen LogP contribution is 2.24. The number of rotatable bonds is 5. The Morgan fingerprint density at radius 3 is 2.67 bits per heavy atom. The number of anilines is 2. The molecule has 0 atom stereocenters. The minimum absolute atomic E-state index is 0.113. The number of hydrogen-bond donors (Lipinski definition) is 1. The minimum atomic E-state index is -0.335. The first-order valence-corrected chi connectivity index (χ1v) is 7.40. The fourth-order valence-electron chi connectivity index (χ4n) is 2.29. The topological polar surface area (TPSA) is 64.7 Å². The van der Waals surface area contributed by atoms with Crippen LogP contribution in [0.3, 0.4) is 0 Å². The van der Waals surface area contributed by atoms with Gasteiger partial charge in [0.05, 0.1) is 17.9 Å². The largest absolute Gasteiger partial charge is 0.336 e. The number of halogens is 1. The molecular weight excluding hydrogens is 290 g/mol. The zero-order valence-corrected chi connectivity index (χ0v) is 13.5. The van der Waals surface area contributed by atoms with Crippen LogP contribution in [-0.4, -0.2) is 19.6 Å². The van der Waals surface area contributed by atoms with Crippen molar-refractivity contribution in [3.8, 4) is 0 Å². The molecule has 0 aliphatic rings. The van der Waals surface area contributed by atoms with Crippen LogP contribution in [0.1, 0.15) is 38.4 Å². The van der Waals surface area contributed by atoms with Crippen molar-refractivity contribution in [2.24, 2.45) is 7.05 Å². The Balaban J connectivity index is 2.31. The van der Waals surface area contributed by atoms with E-state index in [0.717, 1.165) is 18.5 Å². The fourth-order valence-corrected chi connectivity index (χ4v) is 2.51. The molecule has 0 aromatic carbocycles. The molecule has 0 amide bonds. The van der Waals surface area contributed by atoms with Gasteiger partial charge in [0, 0.05) is 18.8 Å². The lowest BCUT2D eigenvalue weighted by atomic mass is 10.2. The summed E-state index contributed by atoms with van der Waals surface area (Å²) in [5, 5.41) is 11.7. The van der Waals surface area contributed by atoms with E-state index in [2.05, 4.69) is 29.4 Å². The van der Waals surface area contributed by atoms with Gasteiger partial charge in [-0.1, -0.05) is 25.4 Å². The molecule has 2 rings (SSSR count). The summed E-state index contributed by atoms with van der Waals surface area (Å²) in [6.07, 6.45) is 3.56. The van der Waals surface area contributed by atoms with Crippen molar-refractivity contribution in [3.63, 3.8) is 0 Å². The van der Waals surface area contributed by atoms with Gasteiger partial charge < -0.3 is 5.32 Å². The highest BCUT2D eigenvalue weighted by molar-refractivity contribution is 6.33.